The fraction of sp³-hybridized carbons (Fsp3) is 0.0417. The van der Waals surface area contributed by atoms with Gasteiger partial charge in [0.2, 0.25) is 5.69 Å². The molecule has 6 rings (SSSR count). The molecule has 0 aliphatic heterocycles. The Balaban J connectivity index is 2.02. The average Bonchev–Trinajstić information content (AvgIpc) is 3.29. The Hall–Kier alpha value is -4.17. The van der Waals surface area contributed by atoms with E-state index >= 15 is 0 Å². The maximum Gasteiger partial charge on any atom is 0.264 e. The summed E-state index contributed by atoms with van der Waals surface area (Å²) < 4.78 is 1.57. The van der Waals surface area contributed by atoms with Crippen LogP contribution in [-0.2, 0) is 0 Å². The van der Waals surface area contributed by atoms with Crippen molar-refractivity contribution in [1.29, 1.82) is 0 Å². The van der Waals surface area contributed by atoms with Gasteiger partial charge in [-0.05, 0) is 36.1 Å². The molecule has 6 aromatic rings. The van der Waals surface area contributed by atoms with Crippen LogP contribution in [0.15, 0.2) is 65.5 Å². The third kappa shape index (κ3) is 1.92. The number of hydrogen-bond acceptors (Lipinski definition) is 2. The van der Waals surface area contributed by atoms with Crippen molar-refractivity contribution in [2.75, 3.05) is 0 Å². The molecule has 0 aliphatic rings. The summed E-state index contributed by atoms with van der Waals surface area (Å²) in [6.07, 6.45) is 0. The van der Waals surface area contributed by atoms with Gasteiger partial charge < -0.3 is 4.98 Å². The minimum Gasteiger partial charge on any atom is -0.354 e. The molecule has 0 spiro atoms. The van der Waals surface area contributed by atoms with E-state index in [2.05, 4.69) is 26.9 Å². The maximum atomic E-state index is 13.7. The summed E-state index contributed by atoms with van der Waals surface area (Å²) in [5.41, 5.74) is 3.72. The Bertz CT molecular complexity index is 1800. The van der Waals surface area contributed by atoms with Gasteiger partial charge in [-0.1, -0.05) is 42.5 Å². The number of imidazole rings is 1. The molecule has 1 N–H and O–H groups in total. The minimum absolute atomic E-state index is 0.161. The second kappa shape index (κ2) is 5.43. The fourth-order valence-electron chi connectivity index (χ4n) is 4.43. The lowest BCUT2D eigenvalue weighted by molar-refractivity contribution is 1.10. The van der Waals surface area contributed by atoms with E-state index in [-0.39, 0.29) is 5.56 Å². The van der Waals surface area contributed by atoms with Gasteiger partial charge in [0.25, 0.3) is 5.56 Å². The maximum absolute atomic E-state index is 13.7. The van der Waals surface area contributed by atoms with E-state index in [1.54, 1.807) is 4.40 Å². The molecule has 0 bridgehead atoms. The first-order valence-electron chi connectivity index (χ1n) is 9.33. The number of aromatic amines is 1. The molecule has 5 nitrogen and oxygen atoms in total. The van der Waals surface area contributed by atoms with E-state index in [1.165, 1.54) is 0 Å². The van der Waals surface area contributed by atoms with Crippen molar-refractivity contribution in [3.8, 4) is 0 Å². The monoisotopic (exact) mass is 374 g/mol. The second-order valence-corrected chi connectivity index (χ2v) is 7.23. The SMILES string of the molecule is [C-]#[N+]c1c(C)c(=c2[nH]c3cccc4cccc2c43)c(=O)n2c1nc1ccccc12. The largest absolute Gasteiger partial charge is 0.354 e. The molecule has 0 fully saturated rings. The zero-order valence-electron chi connectivity index (χ0n) is 15.5. The highest BCUT2D eigenvalue weighted by Crippen LogP contribution is 2.30. The molecule has 3 aromatic heterocycles. The summed E-state index contributed by atoms with van der Waals surface area (Å²) in [4.78, 5) is 25.5. The van der Waals surface area contributed by atoms with E-state index in [4.69, 9.17) is 6.57 Å². The predicted molar refractivity (Wildman–Crippen MR) is 115 cm³/mol. The smallest absolute Gasteiger partial charge is 0.264 e. The summed E-state index contributed by atoms with van der Waals surface area (Å²) in [6, 6.07) is 19.7. The molecule has 29 heavy (non-hydrogen) atoms. The van der Waals surface area contributed by atoms with Crippen LogP contribution in [0.2, 0.25) is 0 Å². The van der Waals surface area contributed by atoms with Gasteiger partial charge in [-0.25, -0.2) is 9.83 Å². The van der Waals surface area contributed by atoms with Crippen LogP contribution in [0.5, 0.6) is 0 Å². The summed E-state index contributed by atoms with van der Waals surface area (Å²) in [5.74, 6) is 0. The number of pyridine rings is 1. The zero-order chi connectivity index (χ0) is 19.7. The third-order valence-corrected chi connectivity index (χ3v) is 5.72. The van der Waals surface area contributed by atoms with Crippen LogP contribution in [0.1, 0.15) is 5.56 Å². The van der Waals surface area contributed by atoms with Crippen molar-refractivity contribution in [1.82, 2.24) is 14.4 Å². The lowest BCUT2D eigenvalue weighted by atomic mass is 10.1. The van der Waals surface area contributed by atoms with E-state index < -0.39 is 0 Å². The Kier molecular flexibility index (Phi) is 2.97. The van der Waals surface area contributed by atoms with Crippen molar-refractivity contribution in [3.05, 3.63) is 98.6 Å². The number of para-hydroxylation sites is 2. The van der Waals surface area contributed by atoms with Crippen molar-refractivity contribution in [2.24, 2.45) is 0 Å². The number of benzene rings is 3. The highest BCUT2D eigenvalue weighted by atomic mass is 16.1. The van der Waals surface area contributed by atoms with Gasteiger partial charge in [0.15, 0.2) is 0 Å². The normalized spacial score (nSPS) is 13.0. The molecule has 0 aliphatic carbocycles. The molecule has 0 atom stereocenters. The summed E-state index contributed by atoms with van der Waals surface area (Å²) in [6.45, 7) is 9.60. The molecule has 0 amide bonds. The predicted octanol–water partition coefficient (Wildman–Crippen LogP) is 5.07. The van der Waals surface area contributed by atoms with Gasteiger partial charge in [0.1, 0.15) is 5.65 Å². The zero-order valence-corrected chi connectivity index (χ0v) is 15.5. The molecule has 0 unspecified atom stereocenters. The first kappa shape index (κ1) is 15.8. The van der Waals surface area contributed by atoms with Crippen molar-refractivity contribution in [2.45, 2.75) is 6.92 Å². The number of rotatable bonds is 0. The lowest BCUT2D eigenvalue weighted by Gasteiger charge is -2.02. The highest BCUT2D eigenvalue weighted by Gasteiger charge is 2.18. The minimum atomic E-state index is -0.161. The third-order valence-electron chi connectivity index (χ3n) is 5.72. The van der Waals surface area contributed by atoms with Gasteiger partial charge >= 0.3 is 0 Å². The molecule has 5 heteroatoms. The lowest BCUT2D eigenvalue weighted by Crippen LogP contribution is -2.15. The van der Waals surface area contributed by atoms with Crippen molar-refractivity contribution in [3.63, 3.8) is 0 Å². The topological polar surface area (TPSA) is 54.5 Å². The molecular weight excluding hydrogens is 360 g/mol. The Morgan fingerprint density at radius 2 is 1.83 bits per heavy atom. The van der Waals surface area contributed by atoms with E-state index in [0.717, 1.165) is 27.0 Å². The number of fused-ring (bicyclic) bond motifs is 3. The van der Waals surface area contributed by atoms with Crippen LogP contribution >= 0.6 is 0 Å². The first-order valence-corrected chi connectivity index (χ1v) is 9.33. The van der Waals surface area contributed by atoms with E-state index in [1.807, 2.05) is 55.5 Å². The molecule has 0 radical (unpaired) electrons. The number of hydrogen-bond donors (Lipinski definition) is 1. The quantitative estimate of drug-likeness (QED) is 0.378. The molecule has 0 saturated carbocycles. The Labute approximate surface area is 164 Å². The van der Waals surface area contributed by atoms with Crippen LogP contribution in [-0.4, -0.2) is 14.4 Å². The molecule has 3 aromatic carbocycles. The van der Waals surface area contributed by atoms with Gasteiger partial charge in [-0.15, -0.1) is 0 Å². The van der Waals surface area contributed by atoms with Gasteiger partial charge in [-0.2, -0.15) is 0 Å². The number of H-pyrrole nitrogens is 1. The van der Waals surface area contributed by atoms with Crippen LogP contribution in [0, 0.1) is 24.1 Å². The summed E-state index contributed by atoms with van der Waals surface area (Å²) in [7, 11) is 0. The Morgan fingerprint density at radius 1 is 1.03 bits per heavy atom. The Morgan fingerprint density at radius 3 is 2.66 bits per heavy atom. The number of nitrogens with one attached hydrogen (secondary N) is 1. The van der Waals surface area contributed by atoms with Crippen LogP contribution in [0.3, 0.4) is 0 Å². The van der Waals surface area contributed by atoms with E-state index in [0.29, 0.717) is 33.2 Å². The first-order chi connectivity index (χ1) is 14.2. The van der Waals surface area contributed by atoms with Gasteiger partial charge in [-0.3, -0.25) is 9.20 Å². The van der Waals surface area contributed by atoms with Crippen molar-refractivity contribution >= 4 is 44.0 Å². The summed E-state index contributed by atoms with van der Waals surface area (Å²) in [5, 5.41) is 4.48. The standard InChI is InChI=1S/C24H14N4O/c1-13-19(22-15-9-5-7-14-8-6-11-17(26-22)20(14)15)24(29)28-18-12-4-3-10-16(18)27-23(28)21(13)25-2/h3-12,26H,1H3. The molecular formula is C24H14N4O. The molecule has 3 heterocycles. The fourth-order valence-corrected chi connectivity index (χ4v) is 4.43. The van der Waals surface area contributed by atoms with Gasteiger partial charge in [0.05, 0.1) is 28.2 Å². The van der Waals surface area contributed by atoms with Crippen LogP contribution in [0.4, 0.5) is 5.69 Å². The summed E-state index contributed by atoms with van der Waals surface area (Å²) >= 11 is 0. The van der Waals surface area contributed by atoms with E-state index in [9.17, 15) is 4.79 Å². The molecule has 136 valence electrons. The second-order valence-electron chi connectivity index (χ2n) is 7.23. The number of nitrogens with zero attached hydrogens (tertiary/aromatic N) is 3. The van der Waals surface area contributed by atoms with Gasteiger partial charge in [0, 0.05) is 16.3 Å². The highest BCUT2D eigenvalue weighted by molar-refractivity contribution is 6.09. The van der Waals surface area contributed by atoms with Crippen LogP contribution < -0.4 is 5.56 Å². The average molecular weight is 374 g/mol. The van der Waals surface area contributed by atoms with Crippen LogP contribution in [0.25, 0.3) is 43.2 Å². The number of aromatic nitrogens is 3. The van der Waals surface area contributed by atoms with Crippen molar-refractivity contribution < 1.29 is 0 Å². The molecule has 0 saturated heterocycles.